The first kappa shape index (κ1) is 15.7. The number of amides is 1. The summed E-state index contributed by atoms with van der Waals surface area (Å²) in [4.78, 5) is 12.5. The van der Waals surface area contributed by atoms with Gasteiger partial charge in [-0.25, -0.2) is 4.39 Å². The largest absolute Gasteiger partial charge is 0.454 e. The third-order valence-electron chi connectivity index (χ3n) is 3.47. The van der Waals surface area contributed by atoms with E-state index < -0.39 is 0 Å². The zero-order valence-corrected chi connectivity index (χ0v) is 13.4. The highest BCUT2D eigenvalue weighted by molar-refractivity contribution is 8.00. The average Bonchev–Trinajstić information content (AvgIpc) is 3.01. The van der Waals surface area contributed by atoms with Crippen LogP contribution < -0.4 is 14.8 Å². The van der Waals surface area contributed by atoms with Crippen molar-refractivity contribution in [2.45, 2.75) is 17.9 Å². The van der Waals surface area contributed by atoms with Crippen LogP contribution in [0.15, 0.2) is 47.4 Å². The Kier molecular flexibility index (Phi) is 4.71. The first-order valence-electron chi connectivity index (χ1n) is 7.20. The number of nitrogens with one attached hydrogen (secondary N) is 1. The molecule has 1 N–H and O–H groups in total. The quantitative estimate of drug-likeness (QED) is 0.851. The second kappa shape index (κ2) is 6.91. The van der Waals surface area contributed by atoms with Gasteiger partial charge >= 0.3 is 0 Å². The average molecular weight is 333 g/mol. The first-order valence-corrected chi connectivity index (χ1v) is 8.18. The number of halogens is 1. The number of fused-ring (bicyclic) bond motifs is 1. The van der Waals surface area contributed by atoms with Crippen molar-refractivity contribution in [3.63, 3.8) is 0 Å². The SMILES string of the molecule is C[C@@H](NC(=O)CSc1ccccc1F)c1ccc2c(c1)OCO2. The predicted octanol–water partition coefficient (Wildman–Crippen LogP) is 3.52. The van der Waals surface area contributed by atoms with E-state index in [9.17, 15) is 9.18 Å². The normalized spacial score (nSPS) is 13.7. The molecule has 0 unspecified atom stereocenters. The Bertz CT molecular complexity index is 723. The van der Waals surface area contributed by atoms with Crippen LogP contribution in [0.3, 0.4) is 0 Å². The number of ether oxygens (including phenoxy) is 2. The number of benzene rings is 2. The van der Waals surface area contributed by atoms with Gasteiger partial charge in [0.15, 0.2) is 11.5 Å². The molecule has 3 rings (SSSR count). The van der Waals surface area contributed by atoms with E-state index >= 15 is 0 Å². The van der Waals surface area contributed by atoms with Gasteiger partial charge in [-0.15, -0.1) is 11.8 Å². The summed E-state index contributed by atoms with van der Waals surface area (Å²) in [6, 6.07) is 11.8. The Morgan fingerprint density at radius 3 is 2.87 bits per heavy atom. The van der Waals surface area contributed by atoms with Crippen molar-refractivity contribution in [3.8, 4) is 11.5 Å². The molecule has 120 valence electrons. The van der Waals surface area contributed by atoms with Crippen molar-refractivity contribution >= 4 is 17.7 Å². The Morgan fingerprint density at radius 2 is 2.04 bits per heavy atom. The molecule has 1 aliphatic rings. The number of hydrogen-bond donors (Lipinski definition) is 1. The van der Waals surface area contributed by atoms with Crippen molar-refractivity contribution in [1.29, 1.82) is 0 Å². The first-order chi connectivity index (χ1) is 11.1. The zero-order valence-electron chi connectivity index (χ0n) is 12.5. The monoisotopic (exact) mass is 333 g/mol. The van der Waals surface area contributed by atoms with E-state index in [-0.39, 0.29) is 30.3 Å². The number of carbonyl (C=O) groups excluding carboxylic acids is 1. The lowest BCUT2D eigenvalue weighted by Gasteiger charge is -2.14. The lowest BCUT2D eigenvalue weighted by Crippen LogP contribution is -2.28. The topological polar surface area (TPSA) is 47.6 Å². The second-order valence-electron chi connectivity index (χ2n) is 5.12. The van der Waals surface area contributed by atoms with Crippen LogP contribution in [0, 0.1) is 5.82 Å². The van der Waals surface area contributed by atoms with Gasteiger partial charge in [-0.1, -0.05) is 18.2 Å². The number of carbonyl (C=O) groups is 1. The minimum Gasteiger partial charge on any atom is -0.454 e. The van der Waals surface area contributed by atoms with Crippen molar-refractivity contribution in [1.82, 2.24) is 5.32 Å². The zero-order chi connectivity index (χ0) is 16.2. The van der Waals surface area contributed by atoms with Gasteiger partial charge in [0.25, 0.3) is 0 Å². The molecule has 0 aromatic heterocycles. The van der Waals surface area contributed by atoms with Gasteiger partial charge in [-0.3, -0.25) is 4.79 Å². The highest BCUT2D eigenvalue weighted by Gasteiger charge is 2.17. The van der Waals surface area contributed by atoms with E-state index in [1.165, 1.54) is 17.8 Å². The summed E-state index contributed by atoms with van der Waals surface area (Å²) >= 11 is 1.18. The number of thioether (sulfide) groups is 1. The summed E-state index contributed by atoms with van der Waals surface area (Å²) in [6.45, 7) is 2.11. The fraction of sp³-hybridized carbons (Fsp3) is 0.235. The molecule has 2 aromatic rings. The van der Waals surface area contributed by atoms with Crippen LogP contribution in [-0.4, -0.2) is 18.5 Å². The van der Waals surface area contributed by atoms with Gasteiger partial charge < -0.3 is 14.8 Å². The molecule has 6 heteroatoms. The summed E-state index contributed by atoms with van der Waals surface area (Å²) in [5.41, 5.74) is 0.929. The maximum absolute atomic E-state index is 13.5. The summed E-state index contributed by atoms with van der Waals surface area (Å²) in [5.74, 6) is 1.10. The maximum Gasteiger partial charge on any atom is 0.231 e. The van der Waals surface area contributed by atoms with E-state index in [1.807, 2.05) is 25.1 Å². The summed E-state index contributed by atoms with van der Waals surface area (Å²) < 4.78 is 24.1. The standard InChI is InChI=1S/C17H16FNO3S/c1-11(12-6-7-14-15(8-12)22-10-21-14)19-17(20)9-23-16-5-3-2-4-13(16)18/h2-8,11H,9-10H2,1H3,(H,19,20)/t11-/m1/s1. The summed E-state index contributed by atoms with van der Waals surface area (Å²) in [5, 5.41) is 2.90. The Balaban J connectivity index is 1.56. The molecule has 0 spiro atoms. The van der Waals surface area contributed by atoms with Gasteiger partial charge in [0.05, 0.1) is 11.8 Å². The second-order valence-corrected chi connectivity index (χ2v) is 6.14. The molecule has 23 heavy (non-hydrogen) atoms. The molecule has 0 saturated heterocycles. The Morgan fingerprint density at radius 1 is 1.26 bits per heavy atom. The van der Waals surface area contributed by atoms with Gasteiger partial charge in [-0.05, 0) is 36.8 Å². The molecule has 0 bridgehead atoms. The smallest absolute Gasteiger partial charge is 0.231 e. The van der Waals surface area contributed by atoms with E-state index in [0.717, 1.165) is 5.56 Å². The summed E-state index contributed by atoms with van der Waals surface area (Å²) in [6.07, 6.45) is 0. The van der Waals surface area contributed by atoms with Crippen molar-refractivity contribution in [3.05, 3.63) is 53.8 Å². The fourth-order valence-corrected chi connectivity index (χ4v) is 3.00. The molecule has 0 radical (unpaired) electrons. The van der Waals surface area contributed by atoms with E-state index in [0.29, 0.717) is 16.4 Å². The lowest BCUT2D eigenvalue weighted by atomic mass is 10.1. The molecule has 1 heterocycles. The molecular weight excluding hydrogens is 317 g/mol. The van der Waals surface area contributed by atoms with Crippen LogP contribution in [0.2, 0.25) is 0 Å². The van der Waals surface area contributed by atoms with Crippen molar-refractivity contribution in [2.75, 3.05) is 12.5 Å². The molecular formula is C17H16FNO3S. The predicted molar refractivity (Wildman–Crippen MR) is 86.2 cm³/mol. The molecule has 0 aliphatic carbocycles. The molecule has 4 nitrogen and oxygen atoms in total. The van der Waals surface area contributed by atoms with Crippen molar-refractivity contribution < 1.29 is 18.7 Å². The minimum absolute atomic E-state index is 0.150. The summed E-state index contributed by atoms with van der Waals surface area (Å²) in [7, 11) is 0. The van der Waals surface area contributed by atoms with E-state index in [1.54, 1.807) is 18.2 Å². The van der Waals surface area contributed by atoms with Crippen LogP contribution >= 0.6 is 11.8 Å². The van der Waals surface area contributed by atoms with Crippen LogP contribution in [0.4, 0.5) is 4.39 Å². The molecule has 0 saturated carbocycles. The van der Waals surface area contributed by atoms with Gasteiger partial charge in [0.2, 0.25) is 12.7 Å². The van der Waals surface area contributed by atoms with Crippen LogP contribution in [0.25, 0.3) is 0 Å². The van der Waals surface area contributed by atoms with Crippen LogP contribution in [0.1, 0.15) is 18.5 Å². The minimum atomic E-state index is -0.311. The van der Waals surface area contributed by atoms with Crippen LogP contribution in [-0.2, 0) is 4.79 Å². The lowest BCUT2D eigenvalue weighted by molar-refractivity contribution is -0.119. The third kappa shape index (κ3) is 3.76. The van der Waals surface area contributed by atoms with Gasteiger partial charge in [0, 0.05) is 4.90 Å². The van der Waals surface area contributed by atoms with E-state index in [4.69, 9.17) is 9.47 Å². The number of rotatable bonds is 5. The fourth-order valence-electron chi connectivity index (χ4n) is 2.25. The molecule has 1 aliphatic heterocycles. The number of hydrogen-bond acceptors (Lipinski definition) is 4. The Labute approximate surface area is 138 Å². The maximum atomic E-state index is 13.5. The van der Waals surface area contributed by atoms with Crippen LogP contribution in [0.5, 0.6) is 11.5 Å². The molecule has 0 fully saturated rings. The van der Waals surface area contributed by atoms with Gasteiger partial charge in [0.1, 0.15) is 5.82 Å². The molecule has 1 atom stereocenters. The third-order valence-corrected chi connectivity index (χ3v) is 4.52. The molecule has 1 amide bonds. The van der Waals surface area contributed by atoms with E-state index in [2.05, 4.69) is 5.32 Å². The highest BCUT2D eigenvalue weighted by atomic mass is 32.2. The van der Waals surface area contributed by atoms with Gasteiger partial charge in [-0.2, -0.15) is 0 Å². The van der Waals surface area contributed by atoms with Crippen molar-refractivity contribution in [2.24, 2.45) is 0 Å². The molecule has 2 aromatic carbocycles. The Hall–Kier alpha value is -2.21. The highest BCUT2D eigenvalue weighted by Crippen LogP contribution is 2.34.